The van der Waals surface area contributed by atoms with E-state index in [1.54, 1.807) is 0 Å². The van der Waals surface area contributed by atoms with E-state index in [9.17, 15) is 0 Å². The van der Waals surface area contributed by atoms with E-state index in [-0.39, 0.29) is 11.0 Å². The van der Waals surface area contributed by atoms with Crippen LogP contribution >= 0.6 is 11.6 Å². The second kappa shape index (κ2) is 16.1. The van der Waals surface area contributed by atoms with Crippen molar-refractivity contribution in [1.82, 2.24) is 6.15 Å². The molecule has 0 aromatic carbocycles. The van der Waals surface area contributed by atoms with Crippen LogP contribution in [0.25, 0.3) is 0 Å². The summed E-state index contributed by atoms with van der Waals surface area (Å²) < 4.78 is 0. The summed E-state index contributed by atoms with van der Waals surface area (Å²) in [6.45, 7) is 9.17. The Morgan fingerprint density at radius 3 is 1.64 bits per heavy atom. The number of hydrogen-bond donors (Lipinski definition) is 1. The molecule has 22 heavy (non-hydrogen) atoms. The lowest BCUT2D eigenvalue weighted by molar-refractivity contribution is 0.351. The van der Waals surface area contributed by atoms with Crippen LogP contribution in [0, 0.1) is 5.92 Å². The number of unbranched alkanes of at least 4 members (excludes halogenated alkanes) is 10. The maximum absolute atomic E-state index is 6.78. The Labute approximate surface area is 146 Å². The molecule has 0 aromatic rings. The highest BCUT2D eigenvalue weighted by Crippen LogP contribution is 2.34. The number of halogens is 1. The first-order valence-electron chi connectivity index (χ1n) is 9.73. The van der Waals surface area contributed by atoms with E-state index < -0.39 is 0 Å². The number of hydrogen-bond acceptors (Lipinski definition) is 1. The second-order valence-electron chi connectivity index (χ2n) is 7.25. The van der Waals surface area contributed by atoms with E-state index in [2.05, 4.69) is 27.7 Å². The molecule has 0 aliphatic heterocycles. The molecule has 0 spiro atoms. The van der Waals surface area contributed by atoms with Crippen molar-refractivity contribution in [2.75, 3.05) is 0 Å². The van der Waals surface area contributed by atoms with Gasteiger partial charge in [0.15, 0.2) is 0 Å². The molecule has 2 atom stereocenters. The Morgan fingerprint density at radius 1 is 0.727 bits per heavy atom. The normalized spacial score (nSPS) is 15.1. The zero-order chi connectivity index (χ0) is 16.0. The Hall–Kier alpha value is 0.250. The molecule has 0 amide bonds. The smallest absolute Gasteiger partial charge is 0.0444 e. The summed E-state index contributed by atoms with van der Waals surface area (Å²) in [4.78, 5) is 0.0222. The summed E-state index contributed by atoms with van der Waals surface area (Å²) in [6.07, 6.45) is 19.1. The Bertz CT molecular complexity index is 216. The molecule has 0 aliphatic rings. The summed E-state index contributed by atoms with van der Waals surface area (Å²) in [5.41, 5.74) is 0. The van der Waals surface area contributed by atoms with Crippen LogP contribution in [-0.2, 0) is 0 Å². The molecule has 0 saturated carbocycles. The van der Waals surface area contributed by atoms with Crippen molar-refractivity contribution in [3.05, 3.63) is 0 Å². The van der Waals surface area contributed by atoms with Crippen LogP contribution in [0.2, 0.25) is 0 Å². The summed E-state index contributed by atoms with van der Waals surface area (Å²) in [5.74, 6) is 0.653. The minimum absolute atomic E-state index is 0. The zero-order valence-electron chi connectivity index (χ0n) is 16.1. The Morgan fingerprint density at radius 2 is 1.14 bits per heavy atom. The molecular formula is C20H44ClN. The molecule has 0 bridgehead atoms. The minimum Gasteiger partial charge on any atom is -0.344 e. The lowest BCUT2D eigenvalue weighted by Gasteiger charge is -2.29. The molecule has 1 nitrogen and oxygen atoms in total. The predicted octanol–water partition coefficient (Wildman–Crippen LogP) is 8.28. The van der Waals surface area contributed by atoms with E-state index in [1.807, 2.05) is 0 Å². The molecular weight excluding hydrogens is 290 g/mol. The topological polar surface area (TPSA) is 35.0 Å². The van der Waals surface area contributed by atoms with Gasteiger partial charge in [-0.3, -0.25) is 0 Å². The number of alkyl halides is 1. The van der Waals surface area contributed by atoms with Gasteiger partial charge in [0, 0.05) is 4.87 Å². The molecule has 0 rings (SSSR count). The van der Waals surface area contributed by atoms with Gasteiger partial charge >= 0.3 is 0 Å². The van der Waals surface area contributed by atoms with Gasteiger partial charge in [0.2, 0.25) is 0 Å². The van der Waals surface area contributed by atoms with Crippen LogP contribution in [0.3, 0.4) is 0 Å². The fraction of sp³-hybridized carbons (Fsp3) is 1.00. The molecule has 0 aliphatic carbocycles. The van der Waals surface area contributed by atoms with Gasteiger partial charge in [-0.2, -0.15) is 0 Å². The van der Waals surface area contributed by atoms with Gasteiger partial charge in [0.25, 0.3) is 0 Å². The lowest BCUT2D eigenvalue weighted by atomic mass is 9.86. The van der Waals surface area contributed by atoms with Crippen LogP contribution < -0.4 is 6.15 Å². The number of rotatable bonds is 15. The van der Waals surface area contributed by atoms with Crippen molar-refractivity contribution in [2.24, 2.45) is 5.92 Å². The van der Waals surface area contributed by atoms with Gasteiger partial charge in [-0.05, 0) is 25.7 Å². The second-order valence-corrected chi connectivity index (χ2v) is 8.12. The van der Waals surface area contributed by atoms with E-state index in [4.69, 9.17) is 11.6 Å². The average Bonchev–Trinajstić information content (AvgIpc) is 2.46. The summed E-state index contributed by atoms with van der Waals surface area (Å²) in [5, 5.41) is 0. The third-order valence-electron chi connectivity index (χ3n) is 5.04. The standard InChI is InChI=1S/C20H41Cl.H3N/c1-5-7-9-11-12-13-14-16-18-20(4,21)19(3)17-15-10-8-6-2;/h19H,5-18H2,1-4H3;1H3. The predicted molar refractivity (Wildman–Crippen MR) is 104 cm³/mol. The van der Waals surface area contributed by atoms with Crippen LogP contribution in [0.15, 0.2) is 0 Å². The van der Waals surface area contributed by atoms with E-state index in [0.717, 1.165) is 0 Å². The van der Waals surface area contributed by atoms with Crippen LogP contribution in [0.4, 0.5) is 0 Å². The third kappa shape index (κ3) is 13.9. The fourth-order valence-electron chi connectivity index (χ4n) is 3.03. The van der Waals surface area contributed by atoms with Crippen molar-refractivity contribution in [3.63, 3.8) is 0 Å². The van der Waals surface area contributed by atoms with Gasteiger partial charge in [-0.1, -0.05) is 97.8 Å². The molecule has 0 heterocycles. The van der Waals surface area contributed by atoms with Crippen molar-refractivity contribution in [1.29, 1.82) is 0 Å². The Balaban J connectivity index is 0. The van der Waals surface area contributed by atoms with Gasteiger partial charge in [-0.25, -0.2) is 0 Å². The van der Waals surface area contributed by atoms with E-state index >= 15 is 0 Å². The molecule has 0 saturated heterocycles. The largest absolute Gasteiger partial charge is 0.344 e. The highest BCUT2D eigenvalue weighted by molar-refractivity contribution is 6.23. The molecule has 3 N–H and O–H groups in total. The fourth-order valence-corrected chi connectivity index (χ4v) is 3.27. The lowest BCUT2D eigenvalue weighted by Crippen LogP contribution is -2.26. The summed E-state index contributed by atoms with van der Waals surface area (Å²) in [7, 11) is 0. The first-order valence-corrected chi connectivity index (χ1v) is 10.1. The highest BCUT2D eigenvalue weighted by atomic mass is 35.5. The van der Waals surface area contributed by atoms with Crippen molar-refractivity contribution >= 4 is 11.6 Å². The Kier molecular flexibility index (Phi) is 18.0. The SMILES string of the molecule is CCCCCCCCCCC(C)(Cl)C(C)CCCCCC.N. The minimum atomic E-state index is 0. The maximum atomic E-state index is 6.78. The molecule has 0 aromatic heterocycles. The van der Waals surface area contributed by atoms with Gasteiger partial charge < -0.3 is 6.15 Å². The molecule has 2 heteroatoms. The molecule has 136 valence electrons. The summed E-state index contributed by atoms with van der Waals surface area (Å²) in [6, 6.07) is 0. The maximum Gasteiger partial charge on any atom is 0.0444 e. The summed E-state index contributed by atoms with van der Waals surface area (Å²) >= 11 is 6.78. The molecule has 0 radical (unpaired) electrons. The van der Waals surface area contributed by atoms with E-state index in [1.165, 1.54) is 89.9 Å². The molecule has 2 unspecified atom stereocenters. The van der Waals surface area contributed by atoms with Crippen molar-refractivity contribution in [2.45, 2.75) is 122 Å². The van der Waals surface area contributed by atoms with Gasteiger partial charge in [-0.15, -0.1) is 11.6 Å². The van der Waals surface area contributed by atoms with Gasteiger partial charge in [0.05, 0.1) is 0 Å². The van der Waals surface area contributed by atoms with Gasteiger partial charge in [0.1, 0.15) is 0 Å². The first kappa shape index (κ1) is 24.5. The van der Waals surface area contributed by atoms with Crippen molar-refractivity contribution in [3.8, 4) is 0 Å². The van der Waals surface area contributed by atoms with Crippen molar-refractivity contribution < 1.29 is 0 Å². The van der Waals surface area contributed by atoms with Crippen LogP contribution in [-0.4, -0.2) is 4.87 Å². The average molecular weight is 334 g/mol. The quantitative estimate of drug-likeness (QED) is 0.237. The highest BCUT2D eigenvalue weighted by Gasteiger charge is 2.27. The van der Waals surface area contributed by atoms with E-state index in [0.29, 0.717) is 5.92 Å². The monoisotopic (exact) mass is 333 g/mol. The van der Waals surface area contributed by atoms with Crippen LogP contribution in [0.1, 0.15) is 118 Å². The van der Waals surface area contributed by atoms with Crippen LogP contribution in [0.5, 0.6) is 0 Å². The molecule has 0 fully saturated rings. The zero-order valence-corrected chi connectivity index (χ0v) is 16.8. The third-order valence-corrected chi connectivity index (χ3v) is 5.60. The first-order chi connectivity index (χ1) is 10.0.